The molecule has 0 saturated heterocycles. The van der Waals surface area contributed by atoms with Gasteiger partial charge >= 0.3 is 0 Å². The Labute approximate surface area is 231 Å². The number of fused-ring (bicyclic) bond motifs is 4. The minimum atomic E-state index is -0.447. The molecule has 0 amide bonds. The van der Waals surface area contributed by atoms with E-state index in [-0.39, 0.29) is 6.04 Å². The van der Waals surface area contributed by atoms with E-state index in [0.29, 0.717) is 5.92 Å². The summed E-state index contributed by atoms with van der Waals surface area (Å²) in [6.07, 6.45) is 9.60. The number of nitrogens with zero attached hydrogens (tertiary/aromatic N) is 2. The molecule has 1 aliphatic heterocycles. The molecule has 0 saturated carbocycles. The van der Waals surface area contributed by atoms with Crippen LogP contribution in [-0.4, -0.2) is 11.0 Å². The zero-order chi connectivity index (χ0) is 26.4. The Morgan fingerprint density at radius 3 is 2.31 bits per heavy atom. The van der Waals surface area contributed by atoms with Crippen LogP contribution in [0.4, 0.5) is 11.4 Å². The standard InChI is InChI=1S/C37H32N2/c1-3-13-35-29(4-2)32-18-9-11-20-36(32)39(35)28-21-22-31-30-17-8-10-19-33(30)37(34(31)24-28,26-14-6-5-7-15-26)27-16-12-23-38-25-27/h3,5-25,29,35H,4H2,1-2H3/b13-3-. The lowest BCUT2D eigenvalue weighted by molar-refractivity contribution is 0.620. The van der Waals surface area contributed by atoms with Crippen LogP contribution in [0.15, 0.2) is 134 Å². The first kappa shape index (κ1) is 23.7. The van der Waals surface area contributed by atoms with Gasteiger partial charge in [-0.1, -0.05) is 104 Å². The van der Waals surface area contributed by atoms with Gasteiger partial charge in [0.05, 0.1) is 11.5 Å². The number of para-hydroxylation sites is 1. The summed E-state index contributed by atoms with van der Waals surface area (Å²) in [4.78, 5) is 7.17. The van der Waals surface area contributed by atoms with E-state index in [4.69, 9.17) is 0 Å². The molecule has 39 heavy (non-hydrogen) atoms. The van der Waals surface area contributed by atoms with E-state index >= 15 is 0 Å². The predicted octanol–water partition coefficient (Wildman–Crippen LogP) is 9.03. The first-order valence-corrected chi connectivity index (χ1v) is 14.0. The maximum absolute atomic E-state index is 4.61. The normalized spacial score (nSPS) is 21.1. The van der Waals surface area contributed by atoms with Crippen molar-refractivity contribution in [2.45, 2.75) is 37.6 Å². The summed E-state index contributed by atoms with van der Waals surface area (Å²) < 4.78 is 0. The lowest BCUT2D eigenvalue weighted by Gasteiger charge is -2.35. The SMILES string of the molecule is C/C=C\C1C(CC)c2ccccc2N1c1ccc2c(c1)C(c1ccccc1)(c1cccnc1)c1ccccc1-2. The molecule has 2 heterocycles. The Balaban J connectivity index is 1.53. The van der Waals surface area contributed by atoms with Crippen LogP contribution in [0.25, 0.3) is 11.1 Å². The van der Waals surface area contributed by atoms with Crippen molar-refractivity contribution in [2.75, 3.05) is 4.90 Å². The third-order valence-electron chi connectivity index (χ3n) is 8.74. The minimum absolute atomic E-state index is 0.281. The summed E-state index contributed by atoms with van der Waals surface area (Å²) in [6.45, 7) is 4.44. The highest BCUT2D eigenvalue weighted by molar-refractivity contribution is 5.88. The van der Waals surface area contributed by atoms with Crippen molar-refractivity contribution in [3.8, 4) is 11.1 Å². The maximum atomic E-state index is 4.61. The topological polar surface area (TPSA) is 16.1 Å². The summed E-state index contributed by atoms with van der Waals surface area (Å²) in [5.74, 6) is 0.458. The van der Waals surface area contributed by atoms with Crippen molar-refractivity contribution in [3.63, 3.8) is 0 Å². The fraction of sp³-hybridized carbons (Fsp3) is 0.162. The zero-order valence-electron chi connectivity index (χ0n) is 22.5. The van der Waals surface area contributed by atoms with Crippen molar-refractivity contribution in [2.24, 2.45) is 0 Å². The fourth-order valence-corrected chi connectivity index (χ4v) is 7.21. The van der Waals surface area contributed by atoms with Gasteiger partial charge in [0.2, 0.25) is 0 Å². The van der Waals surface area contributed by atoms with E-state index < -0.39 is 5.41 Å². The second-order valence-electron chi connectivity index (χ2n) is 10.6. The number of allylic oxidation sites excluding steroid dienone is 1. The Kier molecular flexibility index (Phi) is 5.70. The van der Waals surface area contributed by atoms with Crippen LogP contribution >= 0.6 is 0 Å². The van der Waals surface area contributed by atoms with Gasteiger partial charge in [0, 0.05) is 29.7 Å². The molecule has 0 N–H and O–H groups in total. The largest absolute Gasteiger partial charge is 0.334 e. The molecule has 1 aromatic heterocycles. The summed E-state index contributed by atoms with van der Waals surface area (Å²) in [6, 6.07) is 40.5. The van der Waals surface area contributed by atoms with E-state index in [1.165, 1.54) is 50.3 Å². The highest BCUT2D eigenvalue weighted by Crippen LogP contribution is 2.57. The first-order valence-electron chi connectivity index (χ1n) is 14.0. The van der Waals surface area contributed by atoms with Crippen LogP contribution < -0.4 is 4.90 Å². The Morgan fingerprint density at radius 1 is 0.769 bits per heavy atom. The van der Waals surface area contributed by atoms with Crippen LogP contribution in [0.1, 0.15) is 54.0 Å². The van der Waals surface area contributed by atoms with Crippen LogP contribution in [0.3, 0.4) is 0 Å². The molecule has 2 heteroatoms. The molecule has 4 aromatic carbocycles. The minimum Gasteiger partial charge on any atom is -0.334 e. The third kappa shape index (κ3) is 3.37. The summed E-state index contributed by atoms with van der Waals surface area (Å²) in [5, 5.41) is 0. The van der Waals surface area contributed by atoms with Gasteiger partial charge < -0.3 is 4.90 Å². The smallest absolute Gasteiger partial charge is 0.0729 e. The number of hydrogen-bond acceptors (Lipinski definition) is 2. The quantitative estimate of drug-likeness (QED) is 0.218. The average Bonchev–Trinajstić information content (AvgIpc) is 3.48. The molecule has 0 radical (unpaired) electrons. The fourth-order valence-electron chi connectivity index (χ4n) is 7.21. The lowest BCUT2D eigenvalue weighted by atomic mass is 9.68. The van der Waals surface area contributed by atoms with Crippen LogP contribution in [0.5, 0.6) is 0 Å². The molecule has 2 nitrogen and oxygen atoms in total. The van der Waals surface area contributed by atoms with Crippen LogP contribution in [0, 0.1) is 0 Å². The number of pyridine rings is 1. The summed E-state index contributed by atoms with van der Waals surface area (Å²) >= 11 is 0. The summed E-state index contributed by atoms with van der Waals surface area (Å²) in [7, 11) is 0. The van der Waals surface area contributed by atoms with Gasteiger partial charge in [-0.15, -0.1) is 0 Å². The molecule has 190 valence electrons. The zero-order valence-corrected chi connectivity index (χ0v) is 22.5. The van der Waals surface area contributed by atoms with E-state index in [2.05, 4.69) is 145 Å². The van der Waals surface area contributed by atoms with E-state index in [1.54, 1.807) is 0 Å². The number of hydrogen-bond donors (Lipinski definition) is 0. The molecule has 0 fully saturated rings. The summed E-state index contributed by atoms with van der Waals surface area (Å²) in [5.41, 5.74) is 11.2. The van der Waals surface area contributed by atoms with Crippen molar-refractivity contribution < 1.29 is 0 Å². The maximum Gasteiger partial charge on any atom is 0.0729 e. The molecule has 0 bridgehead atoms. The number of aromatic nitrogens is 1. The Morgan fingerprint density at radius 2 is 1.51 bits per heavy atom. The highest BCUT2D eigenvalue weighted by Gasteiger charge is 2.47. The van der Waals surface area contributed by atoms with Gasteiger partial charge in [0.25, 0.3) is 0 Å². The molecular formula is C37H32N2. The lowest BCUT2D eigenvalue weighted by Crippen LogP contribution is -2.30. The van der Waals surface area contributed by atoms with Gasteiger partial charge in [-0.05, 0) is 76.6 Å². The highest BCUT2D eigenvalue weighted by atomic mass is 15.2. The van der Waals surface area contributed by atoms with E-state index in [1.807, 2.05) is 12.4 Å². The van der Waals surface area contributed by atoms with Crippen molar-refractivity contribution in [3.05, 3.63) is 162 Å². The molecule has 5 aromatic rings. The number of rotatable bonds is 5. The van der Waals surface area contributed by atoms with Gasteiger partial charge in [-0.2, -0.15) is 0 Å². The number of anilines is 2. The van der Waals surface area contributed by atoms with Crippen molar-refractivity contribution in [1.29, 1.82) is 0 Å². The van der Waals surface area contributed by atoms with Gasteiger partial charge in [0.1, 0.15) is 0 Å². The predicted molar refractivity (Wildman–Crippen MR) is 162 cm³/mol. The molecule has 3 atom stereocenters. The molecule has 3 unspecified atom stereocenters. The van der Waals surface area contributed by atoms with E-state index in [0.717, 1.165) is 6.42 Å². The second kappa shape index (κ2) is 9.39. The van der Waals surface area contributed by atoms with Crippen LogP contribution in [0.2, 0.25) is 0 Å². The van der Waals surface area contributed by atoms with Crippen molar-refractivity contribution >= 4 is 11.4 Å². The first-order chi connectivity index (χ1) is 19.3. The van der Waals surface area contributed by atoms with E-state index in [9.17, 15) is 0 Å². The molecule has 7 rings (SSSR count). The molecule has 2 aliphatic rings. The van der Waals surface area contributed by atoms with Gasteiger partial charge in [-0.3, -0.25) is 4.98 Å². The average molecular weight is 505 g/mol. The van der Waals surface area contributed by atoms with Gasteiger partial charge in [-0.25, -0.2) is 0 Å². The molecule has 1 aliphatic carbocycles. The second-order valence-corrected chi connectivity index (χ2v) is 10.6. The Bertz CT molecular complexity index is 1630. The van der Waals surface area contributed by atoms with Gasteiger partial charge in [0.15, 0.2) is 0 Å². The number of benzene rings is 4. The molecule has 0 spiro atoms. The molecular weight excluding hydrogens is 472 g/mol. The van der Waals surface area contributed by atoms with Crippen molar-refractivity contribution in [1.82, 2.24) is 4.98 Å². The third-order valence-corrected chi connectivity index (χ3v) is 8.74. The van der Waals surface area contributed by atoms with Crippen LogP contribution in [-0.2, 0) is 5.41 Å². The Hall–Kier alpha value is -4.43. The monoisotopic (exact) mass is 504 g/mol.